The fraction of sp³-hybridized carbons (Fsp3) is 0.824. The molecule has 0 saturated heterocycles. The largest absolute Gasteiger partial charge is 0.338 e. The van der Waals surface area contributed by atoms with Crippen molar-refractivity contribution in [3.63, 3.8) is 0 Å². The number of nitrogens with one attached hydrogen (secondary N) is 1. The van der Waals surface area contributed by atoms with Crippen molar-refractivity contribution in [2.24, 2.45) is 24.3 Å². The molecule has 1 heterocycles. The first-order chi connectivity index (χ1) is 9.52. The van der Waals surface area contributed by atoms with Crippen LogP contribution in [0.4, 0.5) is 0 Å². The summed E-state index contributed by atoms with van der Waals surface area (Å²) in [6.45, 7) is 9.42. The maximum absolute atomic E-state index is 4.53. The Labute approximate surface area is 124 Å². The molecular formula is C17H31N3. The van der Waals surface area contributed by atoms with Crippen LogP contribution in [0.5, 0.6) is 0 Å². The topological polar surface area (TPSA) is 29.9 Å². The molecule has 1 N–H and O–H groups in total. The molecule has 3 heteroatoms. The summed E-state index contributed by atoms with van der Waals surface area (Å²) in [6.07, 6.45) is 10.4. The second-order valence-electron chi connectivity index (χ2n) is 7.29. The Morgan fingerprint density at radius 1 is 1.40 bits per heavy atom. The fourth-order valence-electron chi connectivity index (χ4n) is 3.59. The van der Waals surface area contributed by atoms with E-state index in [2.05, 4.69) is 48.9 Å². The number of aryl methyl sites for hydroxylation is 1. The van der Waals surface area contributed by atoms with Gasteiger partial charge in [0, 0.05) is 25.9 Å². The highest BCUT2D eigenvalue weighted by atomic mass is 15.0. The van der Waals surface area contributed by atoms with Gasteiger partial charge in [-0.15, -0.1) is 0 Å². The molecule has 1 aromatic rings. The molecule has 2 rings (SSSR count). The van der Waals surface area contributed by atoms with Crippen LogP contribution in [0, 0.1) is 17.3 Å². The Bertz CT molecular complexity index is 408. The van der Waals surface area contributed by atoms with E-state index in [1.807, 2.05) is 6.20 Å². The highest BCUT2D eigenvalue weighted by Gasteiger charge is 2.35. The third kappa shape index (κ3) is 4.08. The molecule has 0 spiro atoms. The van der Waals surface area contributed by atoms with Gasteiger partial charge >= 0.3 is 0 Å². The van der Waals surface area contributed by atoms with Crippen LogP contribution in [0.2, 0.25) is 0 Å². The minimum absolute atomic E-state index is 0.497. The lowest BCUT2D eigenvalue weighted by molar-refractivity contribution is 0.114. The van der Waals surface area contributed by atoms with E-state index in [1.165, 1.54) is 38.1 Å². The smallest absolute Gasteiger partial charge is 0.108 e. The van der Waals surface area contributed by atoms with E-state index in [9.17, 15) is 0 Å². The molecule has 114 valence electrons. The summed E-state index contributed by atoms with van der Waals surface area (Å²) in [5, 5.41) is 3.63. The Morgan fingerprint density at radius 3 is 2.85 bits per heavy atom. The molecule has 1 aliphatic carbocycles. The monoisotopic (exact) mass is 277 g/mol. The van der Waals surface area contributed by atoms with Gasteiger partial charge in [0.2, 0.25) is 0 Å². The summed E-state index contributed by atoms with van der Waals surface area (Å²) in [5.41, 5.74) is 0.497. The molecule has 0 amide bonds. The summed E-state index contributed by atoms with van der Waals surface area (Å²) < 4.78 is 2.18. The lowest BCUT2D eigenvalue weighted by Crippen LogP contribution is -2.37. The van der Waals surface area contributed by atoms with Gasteiger partial charge in [-0.2, -0.15) is 0 Å². The summed E-state index contributed by atoms with van der Waals surface area (Å²) >= 11 is 0. The van der Waals surface area contributed by atoms with Crippen molar-refractivity contribution in [2.45, 2.75) is 52.9 Å². The molecule has 2 unspecified atom stereocenters. The van der Waals surface area contributed by atoms with E-state index in [1.54, 1.807) is 0 Å². The van der Waals surface area contributed by atoms with Crippen molar-refractivity contribution in [3.05, 3.63) is 18.2 Å². The SMILES string of the molecule is CCCNCC1CCC(C)(C)CC1Cc1nccn1C. The fourth-order valence-corrected chi connectivity index (χ4v) is 3.59. The van der Waals surface area contributed by atoms with E-state index in [-0.39, 0.29) is 0 Å². The molecule has 0 aliphatic heterocycles. The summed E-state index contributed by atoms with van der Waals surface area (Å²) in [5.74, 6) is 2.82. The van der Waals surface area contributed by atoms with Crippen LogP contribution in [0.3, 0.4) is 0 Å². The Balaban J connectivity index is 2.00. The van der Waals surface area contributed by atoms with Crippen LogP contribution < -0.4 is 5.32 Å². The first kappa shape index (κ1) is 15.6. The minimum atomic E-state index is 0.497. The van der Waals surface area contributed by atoms with Gasteiger partial charge in [0.1, 0.15) is 5.82 Å². The molecule has 20 heavy (non-hydrogen) atoms. The van der Waals surface area contributed by atoms with Gasteiger partial charge in [-0.1, -0.05) is 20.8 Å². The van der Waals surface area contributed by atoms with Crippen molar-refractivity contribution in [1.82, 2.24) is 14.9 Å². The number of nitrogens with zero attached hydrogens (tertiary/aromatic N) is 2. The second-order valence-corrected chi connectivity index (χ2v) is 7.29. The summed E-state index contributed by atoms with van der Waals surface area (Å²) in [4.78, 5) is 4.53. The van der Waals surface area contributed by atoms with E-state index in [0.717, 1.165) is 24.8 Å². The molecular weight excluding hydrogens is 246 g/mol. The van der Waals surface area contributed by atoms with Gasteiger partial charge in [0.25, 0.3) is 0 Å². The predicted octanol–water partition coefficient (Wildman–Crippen LogP) is 3.40. The van der Waals surface area contributed by atoms with Crippen LogP contribution >= 0.6 is 0 Å². The first-order valence-electron chi connectivity index (χ1n) is 8.19. The average molecular weight is 277 g/mol. The zero-order valence-corrected chi connectivity index (χ0v) is 13.7. The molecule has 1 saturated carbocycles. The van der Waals surface area contributed by atoms with Crippen LogP contribution in [0.25, 0.3) is 0 Å². The normalized spacial score (nSPS) is 25.8. The third-order valence-electron chi connectivity index (χ3n) is 4.87. The molecule has 1 fully saturated rings. The van der Waals surface area contributed by atoms with Crippen molar-refractivity contribution in [1.29, 1.82) is 0 Å². The van der Waals surface area contributed by atoms with Gasteiger partial charge in [-0.05, 0) is 56.0 Å². The molecule has 1 aliphatic rings. The van der Waals surface area contributed by atoms with E-state index in [4.69, 9.17) is 0 Å². The molecule has 0 radical (unpaired) electrons. The standard InChI is InChI=1S/C17H31N3/c1-5-8-18-13-14-6-7-17(2,3)12-15(14)11-16-19-9-10-20(16)4/h9-10,14-15,18H,5-8,11-13H2,1-4H3. The van der Waals surface area contributed by atoms with Gasteiger partial charge in [0.05, 0.1) is 0 Å². The summed E-state index contributed by atoms with van der Waals surface area (Å²) in [7, 11) is 2.11. The maximum Gasteiger partial charge on any atom is 0.108 e. The third-order valence-corrected chi connectivity index (χ3v) is 4.87. The number of rotatable bonds is 6. The maximum atomic E-state index is 4.53. The van der Waals surface area contributed by atoms with Crippen molar-refractivity contribution in [2.75, 3.05) is 13.1 Å². The first-order valence-corrected chi connectivity index (χ1v) is 8.19. The molecule has 2 atom stereocenters. The number of hydrogen-bond acceptors (Lipinski definition) is 2. The van der Waals surface area contributed by atoms with E-state index in [0.29, 0.717) is 5.41 Å². The lowest BCUT2D eigenvalue weighted by Gasteiger charge is -2.41. The Morgan fingerprint density at radius 2 is 2.20 bits per heavy atom. The number of hydrogen-bond donors (Lipinski definition) is 1. The quantitative estimate of drug-likeness (QED) is 0.808. The average Bonchev–Trinajstić information content (AvgIpc) is 2.77. The number of imidazole rings is 1. The van der Waals surface area contributed by atoms with Crippen LogP contribution in [-0.4, -0.2) is 22.6 Å². The van der Waals surface area contributed by atoms with Gasteiger partial charge < -0.3 is 9.88 Å². The Kier molecular flexibility index (Phi) is 5.25. The van der Waals surface area contributed by atoms with E-state index >= 15 is 0 Å². The van der Waals surface area contributed by atoms with Crippen LogP contribution in [0.15, 0.2) is 12.4 Å². The highest BCUT2D eigenvalue weighted by Crippen LogP contribution is 2.42. The number of aromatic nitrogens is 2. The van der Waals surface area contributed by atoms with Crippen molar-refractivity contribution >= 4 is 0 Å². The van der Waals surface area contributed by atoms with Crippen molar-refractivity contribution in [3.8, 4) is 0 Å². The zero-order chi connectivity index (χ0) is 14.6. The van der Waals surface area contributed by atoms with Gasteiger partial charge in [-0.3, -0.25) is 0 Å². The van der Waals surface area contributed by atoms with E-state index < -0.39 is 0 Å². The Hall–Kier alpha value is -0.830. The second kappa shape index (κ2) is 6.75. The molecule has 3 nitrogen and oxygen atoms in total. The lowest BCUT2D eigenvalue weighted by atomic mass is 9.66. The minimum Gasteiger partial charge on any atom is -0.338 e. The molecule has 0 aromatic carbocycles. The highest BCUT2D eigenvalue weighted by molar-refractivity contribution is 4.97. The van der Waals surface area contributed by atoms with Crippen molar-refractivity contribution < 1.29 is 0 Å². The zero-order valence-electron chi connectivity index (χ0n) is 13.7. The molecule has 1 aromatic heterocycles. The van der Waals surface area contributed by atoms with Crippen LogP contribution in [-0.2, 0) is 13.5 Å². The van der Waals surface area contributed by atoms with Gasteiger partial charge in [-0.25, -0.2) is 4.98 Å². The van der Waals surface area contributed by atoms with Crippen LogP contribution in [0.1, 0.15) is 52.3 Å². The summed E-state index contributed by atoms with van der Waals surface area (Å²) in [6, 6.07) is 0. The molecule has 0 bridgehead atoms. The predicted molar refractivity (Wildman–Crippen MR) is 84.7 cm³/mol. The van der Waals surface area contributed by atoms with Gasteiger partial charge in [0.15, 0.2) is 0 Å².